The van der Waals surface area contributed by atoms with E-state index >= 15 is 0 Å². The van der Waals surface area contributed by atoms with Crippen molar-refractivity contribution in [1.82, 2.24) is 5.32 Å². The molecule has 1 heterocycles. The van der Waals surface area contributed by atoms with Gasteiger partial charge in [-0.05, 0) is 12.0 Å². The first-order chi connectivity index (χ1) is 8.28. The third-order valence-corrected chi connectivity index (χ3v) is 2.96. The monoisotopic (exact) mass is 232 g/mol. The second-order valence-corrected chi connectivity index (χ2v) is 4.40. The minimum atomic E-state index is -0.947. The zero-order valence-electron chi connectivity index (χ0n) is 9.60. The van der Waals surface area contributed by atoms with Gasteiger partial charge in [0.05, 0.1) is 25.9 Å². The van der Waals surface area contributed by atoms with Crippen molar-refractivity contribution in [2.45, 2.75) is 18.0 Å². The molecule has 0 amide bonds. The van der Waals surface area contributed by atoms with Gasteiger partial charge in [0.15, 0.2) is 5.54 Å². The van der Waals surface area contributed by atoms with Crippen molar-refractivity contribution in [3.8, 4) is 6.07 Å². The first-order valence-corrected chi connectivity index (χ1v) is 5.69. The Labute approximate surface area is 101 Å². The Balaban J connectivity index is 2.01. The zero-order chi connectivity index (χ0) is 12.1. The van der Waals surface area contributed by atoms with Crippen LogP contribution in [0.4, 0.5) is 0 Å². The second-order valence-electron chi connectivity index (χ2n) is 4.40. The summed E-state index contributed by atoms with van der Waals surface area (Å²) in [7, 11) is 0. The number of hydrogen-bond acceptors (Lipinski definition) is 4. The molecule has 90 valence electrons. The van der Waals surface area contributed by atoms with E-state index < -0.39 is 5.54 Å². The zero-order valence-corrected chi connectivity index (χ0v) is 9.60. The lowest BCUT2D eigenvalue weighted by Gasteiger charge is -2.36. The quantitative estimate of drug-likeness (QED) is 0.795. The fourth-order valence-electron chi connectivity index (χ4n) is 2.05. The van der Waals surface area contributed by atoms with Gasteiger partial charge in [-0.25, -0.2) is 0 Å². The Morgan fingerprint density at radius 1 is 1.47 bits per heavy atom. The van der Waals surface area contributed by atoms with Crippen molar-refractivity contribution >= 4 is 0 Å². The van der Waals surface area contributed by atoms with E-state index in [1.54, 1.807) is 0 Å². The number of rotatable bonds is 3. The first kappa shape index (κ1) is 12.1. The molecule has 0 aromatic heterocycles. The van der Waals surface area contributed by atoms with Crippen molar-refractivity contribution in [2.75, 3.05) is 19.8 Å². The van der Waals surface area contributed by atoms with Crippen LogP contribution in [0, 0.1) is 11.3 Å². The molecule has 0 saturated carbocycles. The maximum atomic E-state index is 9.26. The maximum absolute atomic E-state index is 9.26. The number of nitrogens with zero attached hydrogens (tertiary/aromatic N) is 1. The predicted molar refractivity (Wildman–Crippen MR) is 63.3 cm³/mol. The van der Waals surface area contributed by atoms with Crippen molar-refractivity contribution in [3.63, 3.8) is 0 Å². The summed E-state index contributed by atoms with van der Waals surface area (Å²) in [4.78, 5) is 0. The van der Waals surface area contributed by atoms with Crippen LogP contribution in [0.1, 0.15) is 5.56 Å². The molecule has 4 heteroatoms. The van der Waals surface area contributed by atoms with Crippen molar-refractivity contribution < 1.29 is 9.84 Å². The third kappa shape index (κ3) is 2.83. The predicted octanol–water partition coefficient (Wildman–Crippen LogP) is 0.472. The van der Waals surface area contributed by atoms with Crippen LogP contribution in [0.2, 0.25) is 0 Å². The van der Waals surface area contributed by atoms with Crippen molar-refractivity contribution in [3.05, 3.63) is 35.9 Å². The molecule has 4 nitrogen and oxygen atoms in total. The van der Waals surface area contributed by atoms with E-state index in [0.717, 1.165) is 6.42 Å². The normalized spacial score (nSPS) is 28.6. The largest absolute Gasteiger partial charge is 0.393 e. The molecule has 2 atom stereocenters. The van der Waals surface area contributed by atoms with Crippen LogP contribution >= 0.6 is 0 Å². The summed E-state index contributed by atoms with van der Waals surface area (Å²) < 4.78 is 5.41. The minimum absolute atomic E-state index is 0.0675. The van der Waals surface area contributed by atoms with Gasteiger partial charge in [-0.2, -0.15) is 5.26 Å². The Bertz CT molecular complexity index is 402. The highest BCUT2D eigenvalue weighted by Gasteiger charge is 2.36. The summed E-state index contributed by atoms with van der Waals surface area (Å²) in [5.41, 5.74) is 0.248. The summed E-state index contributed by atoms with van der Waals surface area (Å²) in [5, 5.41) is 21.5. The first-order valence-electron chi connectivity index (χ1n) is 5.69. The average molecular weight is 232 g/mol. The van der Waals surface area contributed by atoms with Crippen LogP contribution in [0.25, 0.3) is 0 Å². The Kier molecular flexibility index (Phi) is 3.75. The highest BCUT2D eigenvalue weighted by molar-refractivity contribution is 5.18. The average Bonchev–Trinajstić information content (AvgIpc) is 2.40. The van der Waals surface area contributed by atoms with E-state index in [4.69, 9.17) is 10.00 Å². The van der Waals surface area contributed by atoms with Gasteiger partial charge in [-0.15, -0.1) is 0 Å². The van der Waals surface area contributed by atoms with Crippen LogP contribution in [0.3, 0.4) is 0 Å². The summed E-state index contributed by atoms with van der Waals surface area (Å²) in [5.74, 6) is 0. The SMILES string of the molecule is N#C[C@@]1(CO)COC[C@H](Cc2ccccc2)N1. The Hall–Kier alpha value is -1.41. The number of benzene rings is 1. The molecule has 1 saturated heterocycles. The van der Waals surface area contributed by atoms with Crippen LogP contribution in [-0.2, 0) is 11.2 Å². The van der Waals surface area contributed by atoms with Gasteiger partial charge in [0.1, 0.15) is 0 Å². The summed E-state index contributed by atoms with van der Waals surface area (Å²) in [6.45, 7) is 0.582. The van der Waals surface area contributed by atoms with Gasteiger partial charge in [0.25, 0.3) is 0 Å². The van der Waals surface area contributed by atoms with Gasteiger partial charge < -0.3 is 9.84 Å². The van der Waals surface area contributed by atoms with E-state index in [1.165, 1.54) is 5.56 Å². The number of aliphatic hydroxyl groups excluding tert-OH is 1. The second kappa shape index (κ2) is 5.28. The molecule has 0 spiro atoms. The number of aliphatic hydroxyl groups is 1. The molecule has 0 unspecified atom stereocenters. The molecule has 0 radical (unpaired) electrons. The van der Waals surface area contributed by atoms with Crippen LogP contribution < -0.4 is 5.32 Å². The highest BCUT2D eigenvalue weighted by Crippen LogP contribution is 2.14. The molecule has 1 aromatic carbocycles. The van der Waals surface area contributed by atoms with E-state index in [0.29, 0.717) is 6.61 Å². The molecular formula is C13H16N2O2. The van der Waals surface area contributed by atoms with E-state index in [2.05, 4.69) is 11.4 Å². The lowest BCUT2D eigenvalue weighted by molar-refractivity contribution is -0.00107. The number of nitrogens with one attached hydrogen (secondary N) is 1. The fourth-order valence-corrected chi connectivity index (χ4v) is 2.05. The Morgan fingerprint density at radius 2 is 2.24 bits per heavy atom. The number of hydrogen-bond donors (Lipinski definition) is 2. The van der Waals surface area contributed by atoms with Crippen molar-refractivity contribution in [2.24, 2.45) is 0 Å². The lowest BCUT2D eigenvalue weighted by atomic mass is 9.97. The van der Waals surface area contributed by atoms with Crippen LogP contribution in [0.5, 0.6) is 0 Å². The standard InChI is InChI=1S/C13H16N2O2/c14-8-13(9-16)10-17-7-12(15-13)6-11-4-2-1-3-5-11/h1-5,12,15-16H,6-7,9-10H2/t12-,13+/m0/s1. The molecule has 1 fully saturated rings. The minimum Gasteiger partial charge on any atom is -0.393 e. The fraction of sp³-hybridized carbons (Fsp3) is 0.462. The van der Waals surface area contributed by atoms with Gasteiger partial charge >= 0.3 is 0 Å². The molecule has 0 aliphatic carbocycles. The molecule has 17 heavy (non-hydrogen) atoms. The van der Waals surface area contributed by atoms with Crippen LogP contribution in [0.15, 0.2) is 30.3 Å². The van der Waals surface area contributed by atoms with Gasteiger partial charge in [-0.1, -0.05) is 30.3 Å². The molecule has 1 aliphatic rings. The summed E-state index contributed by atoms with van der Waals surface area (Å²) in [6.07, 6.45) is 0.796. The molecular weight excluding hydrogens is 216 g/mol. The van der Waals surface area contributed by atoms with E-state index in [-0.39, 0.29) is 19.3 Å². The topological polar surface area (TPSA) is 65.3 Å². The van der Waals surface area contributed by atoms with Crippen LogP contribution in [-0.4, -0.2) is 36.5 Å². The Morgan fingerprint density at radius 3 is 2.88 bits per heavy atom. The molecule has 2 N–H and O–H groups in total. The number of ether oxygens (including phenoxy) is 1. The van der Waals surface area contributed by atoms with E-state index in [9.17, 15) is 5.11 Å². The van der Waals surface area contributed by atoms with Gasteiger partial charge in [-0.3, -0.25) is 5.32 Å². The van der Waals surface area contributed by atoms with Gasteiger partial charge in [0, 0.05) is 6.04 Å². The summed E-state index contributed by atoms with van der Waals surface area (Å²) >= 11 is 0. The molecule has 1 aromatic rings. The lowest BCUT2D eigenvalue weighted by Crippen LogP contribution is -2.61. The van der Waals surface area contributed by atoms with Crippen molar-refractivity contribution in [1.29, 1.82) is 5.26 Å². The smallest absolute Gasteiger partial charge is 0.153 e. The molecule has 0 bridgehead atoms. The molecule has 2 rings (SSSR count). The third-order valence-electron chi connectivity index (χ3n) is 2.96. The molecule has 1 aliphatic heterocycles. The van der Waals surface area contributed by atoms with Gasteiger partial charge in [0.2, 0.25) is 0 Å². The van der Waals surface area contributed by atoms with E-state index in [1.807, 2.05) is 30.3 Å². The highest BCUT2D eigenvalue weighted by atomic mass is 16.5. The number of nitriles is 1. The maximum Gasteiger partial charge on any atom is 0.153 e. The number of morpholine rings is 1. The summed E-state index contributed by atoms with van der Waals surface area (Å²) in [6, 6.07) is 12.2.